The van der Waals surface area contributed by atoms with E-state index in [4.69, 9.17) is 11.6 Å². The standard InChI is InChI=1S/C22H23ClN4O/c1-14(2)16-8-10-18(11-9-16)26-21(28)20-12-15(3)25-22(27-20)24-13-17-6-4-5-7-19(17)23/h4-12,14H,13H2,1-3H3,(H,26,28)(H,24,25,27). The zero-order valence-electron chi connectivity index (χ0n) is 16.2. The Morgan fingerprint density at radius 2 is 1.79 bits per heavy atom. The zero-order valence-corrected chi connectivity index (χ0v) is 16.9. The highest BCUT2D eigenvalue weighted by molar-refractivity contribution is 6.31. The number of amides is 1. The molecule has 3 aromatic rings. The molecule has 6 heteroatoms. The van der Waals surface area contributed by atoms with E-state index in [0.717, 1.165) is 11.3 Å². The number of hydrogen-bond donors (Lipinski definition) is 2. The predicted molar refractivity (Wildman–Crippen MR) is 114 cm³/mol. The van der Waals surface area contributed by atoms with Gasteiger partial charge in [0.15, 0.2) is 0 Å². The van der Waals surface area contributed by atoms with Gasteiger partial charge in [-0.05, 0) is 48.2 Å². The number of hydrogen-bond acceptors (Lipinski definition) is 4. The second-order valence-electron chi connectivity index (χ2n) is 6.89. The molecule has 0 aliphatic carbocycles. The number of nitrogens with zero attached hydrogens (tertiary/aromatic N) is 2. The van der Waals surface area contributed by atoms with Crippen molar-refractivity contribution in [1.29, 1.82) is 0 Å². The summed E-state index contributed by atoms with van der Waals surface area (Å²) in [6, 6.07) is 17.1. The lowest BCUT2D eigenvalue weighted by molar-refractivity contribution is 0.102. The number of aryl methyl sites for hydroxylation is 1. The van der Waals surface area contributed by atoms with Crippen LogP contribution in [-0.4, -0.2) is 15.9 Å². The van der Waals surface area contributed by atoms with Gasteiger partial charge < -0.3 is 10.6 Å². The van der Waals surface area contributed by atoms with Gasteiger partial charge in [-0.2, -0.15) is 0 Å². The Hall–Kier alpha value is -2.92. The molecule has 2 aromatic carbocycles. The molecule has 0 radical (unpaired) electrons. The first kappa shape index (κ1) is 19.8. The summed E-state index contributed by atoms with van der Waals surface area (Å²) in [5.41, 5.74) is 3.91. The minimum Gasteiger partial charge on any atom is -0.350 e. The minimum absolute atomic E-state index is 0.274. The van der Waals surface area contributed by atoms with Crippen LogP contribution in [0.5, 0.6) is 0 Å². The van der Waals surface area contributed by atoms with Crippen molar-refractivity contribution in [2.75, 3.05) is 10.6 Å². The Labute approximate surface area is 170 Å². The second kappa shape index (κ2) is 8.85. The largest absolute Gasteiger partial charge is 0.350 e. The first-order valence-electron chi connectivity index (χ1n) is 9.16. The second-order valence-corrected chi connectivity index (χ2v) is 7.30. The Morgan fingerprint density at radius 3 is 2.46 bits per heavy atom. The van der Waals surface area contributed by atoms with Crippen LogP contribution in [0.3, 0.4) is 0 Å². The highest BCUT2D eigenvalue weighted by atomic mass is 35.5. The first-order valence-corrected chi connectivity index (χ1v) is 9.54. The number of anilines is 2. The molecule has 0 unspecified atom stereocenters. The van der Waals surface area contributed by atoms with Gasteiger partial charge in [-0.25, -0.2) is 9.97 Å². The van der Waals surface area contributed by atoms with E-state index in [1.54, 1.807) is 6.07 Å². The Kier molecular flexibility index (Phi) is 6.26. The van der Waals surface area contributed by atoms with Gasteiger partial charge >= 0.3 is 0 Å². The summed E-state index contributed by atoms with van der Waals surface area (Å²) in [5.74, 6) is 0.560. The molecule has 1 heterocycles. The van der Waals surface area contributed by atoms with E-state index in [1.807, 2.05) is 55.5 Å². The van der Waals surface area contributed by atoms with E-state index >= 15 is 0 Å². The van der Waals surface area contributed by atoms with Crippen molar-refractivity contribution >= 4 is 29.1 Å². The number of carbonyl (C=O) groups excluding carboxylic acids is 1. The lowest BCUT2D eigenvalue weighted by Gasteiger charge is -2.10. The van der Waals surface area contributed by atoms with Crippen molar-refractivity contribution in [3.05, 3.63) is 82.1 Å². The van der Waals surface area contributed by atoms with Crippen LogP contribution in [0.2, 0.25) is 5.02 Å². The van der Waals surface area contributed by atoms with Crippen LogP contribution < -0.4 is 10.6 Å². The van der Waals surface area contributed by atoms with Gasteiger partial charge in [0.25, 0.3) is 5.91 Å². The van der Waals surface area contributed by atoms with Crippen LogP contribution in [0.15, 0.2) is 54.6 Å². The normalized spacial score (nSPS) is 10.8. The van der Waals surface area contributed by atoms with Gasteiger partial charge in [-0.1, -0.05) is 55.8 Å². The Balaban J connectivity index is 1.71. The summed E-state index contributed by atoms with van der Waals surface area (Å²) in [4.78, 5) is 21.3. The summed E-state index contributed by atoms with van der Waals surface area (Å²) in [6.45, 7) is 6.57. The molecule has 0 spiro atoms. The lowest BCUT2D eigenvalue weighted by atomic mass is 10.0. The number of carbonyl (C=O) groups is 1. The van der Waals surface area contributed by atoms with Gasteiger partial charge in [0.1, 0.15) is 5.69 Å². The summed E-state index contributed by atoms with van der Waals surface area (Å²) < 4.78 is 0. The van der Waals surface area contributed by atoms with Crippen molar-refractivity contribution in [3.8, 4) is 0 Å². The van der Waals surface area contributed by atoms with Crippen molar-refractivity contribution < 1.29 is 4.79 Å². The maximum absolute atomic E-state index is 12.6. The SMILES string of the molecule is Cc1cc(C(=O)Nc2ccc(C(C)C)cc2)nc(NCc2ccccc2Cl)n1. The Morgan fingerprint density at radius 1 is 1.07 bits per heavy atom. The number of benzene rings is 2. The van der Waals surface area contributed by atoms with Crippen molar-refractivity contribution in [2.24, 2.45) is 0 Å². The molecule has 28 heavy (non-hydrogen) atoms. The number of nitrogens with one attached hydrogen (secondary N) is 2. The van der Waals surface area contributed by atoms with Crippen LogP contribution in [0, 0.1) is 6.92 Å². The lowest BCUT2D eigenvalue weighted by Crippen LogP contribution is -2.16. The average molecular weight is 395 g/mol. The van der Waals surface area contributed by atoms with Gasteiger partial charge in [-0.3, -0.25) is 4.79 Å². The van der Waals surface area contributed by atoms with Crippen molar-refractivity contribution in [2.45, 2.75) is 33.2 Å². The molecule has 0 fully saturated rings. The van der Waals surface area contributed by atoms with Crippen molar-refractivity contribution in [1.82, 2.24) is 9.97 Å². The van der Waals surface area contributed by atoms with E-state index in [9.17, 15) is 4.79 Å². The maximum atomic E-state index is 12.6. The summed E-state index contributed by atoms with van der Waals surface area (Å²) >= 11 is 6.18. The monoisotopic (exact) mass is 394 g/mol. The zero-order chi connectivity index (χ0) is 20.1. The van der Waals surface area contributed by atoms with Gasteiger partial charge in [-0.15, -0.1) is 0 Å². The van der Waals surface area contributed by atoms with Crippen LogP contribution in [0.1, 0.15) is 47.1 Å². The maximum Gasteiger partial charge on any atom is 0.274 e. The van der Waals surface area contributed by atoms with Crippen LogP contribution >= 0.6 is 11.6 Å². The van der Waals surface area contributed by atoms with E-state index in [-0.39, 0.29) is 5.91 Å². The fourth-order valence-corrected chi connectivity index (χ4v) is 2.93. The predicted octanol–water partition coefficient (Wildman–Crippen LogP) is 5.43. The molecule has 0 saturated carbocycles. The number of halogens is 1. The quantitative estimate of drug-likeness (QED) is 0.585. The highest BCUT2D eigenvalue weighted by Crippen LogP contribution is 2.18. The number of aromatic nitrogens is 2. The molecule has 5 nitrogen and oxygen atoms in total. The van der Waals surface area contributed by atoms with Crippen LogP contribution in [0.25, 0.3) is 0 Å². The Bertz CT molecular complexity index is 971. The van der Waals surface area contributed by atoms with Crippen molar-refractivity contribution in [3.63, 3.8) is 0 Å². The van der Waals surface area contributed by atoms with Gasteiger partial charge in [0.05, 0.1) is 0 Å². The fourth-order valence-electron chi connectivity index (χ4n) is 2.73. The fraction of sp³-hybridized carbons (Fsp3) is 0.227. The molecule has 0 atom stereocenters. The topological polar surface area (TPSA) is 66.9 Å². The summed E-state index contributed by atoms with van der Waals surface area (Å²) in [5, 5.41) is 6.69. The minimum atomic E-state index is -0.274. The molecule has 3 rings (SSSR count). The van der Waals surface area contributed by atoms with Gasteiger partial charge in [0.2, 0.25) is 5.95 Å². The third-order valence-corrected chi connectivity index (χ3v) is 4.69. The molecule has 2 N–H and O–H groups in total. The van der Waals surface area contributed by atoms with Crippen LogP contribution in [0.4, 0.5) is 11.6 Å². The molecular weight excluding hydrogens is 372 g/mol. The third kappa shape index (κ3) is 5.08. The van der Waals surface area contributed by atoms with E-state index in [0.29, 0.717) is 34.8 Å². The molecule has 0 aliphatic rings. The summed E-state index contributed by atoms with van der Waals surface area (Å²) in [7, 11) is 0. The molecule has 1 amide bonds. The molecular formula is C22H23ClN4O. The van der Waals surface area contributed by atoms with Crippen LogP contribution in [-0.2, 0) is 6.54 Å². The average Bonchev–Trinajstić information content (AvgIpc) is 2.67. The molecule has 0 bridgehead atoms. The van der Waals surface area contributed by atoms with Gasteiger partial charge in [0, 0.05) is 22.9 Å². The molecule has 144 valence electrons. The number of rotatable bonds is 6. The smallest absolute Gasteiger partial charge is 0.274 e. The highest BCUT2D eigenvalue weighted by Gasteiger charge is 2.12. The third-order valence-electron chi connectivity index (χ3n) is 4.32. The molecule has 0 aliphatic heterocycles. The molecule has 0 saturated heterocycles. The van der Waals surface area contributed by atoms with E-state index in [2.05, 4.69) is 34.4 Å². The van der Waals surface area contributed by atoms with E-state index < -0.39 is 0 Å². The molecule has 1 aromatic heterocycles. The summed E-state index contributed by atoms with van der Waals surface area (Å²) in [6.07, 6.45) is 0. The van der Waals surface area contributed by atoms with E-state index in [1.165, 1.54) is 5.56 Å². The first-order chi connectivity index (χ1) is 13.4.